The Kier molecular flexibility index (Phi) is 8.06. The van der Waals surface area contributed by atoms with Crippen molar-refractivity contribution in [3.8, 4) is 0 Å². The maximum Gasteiger partial charge on any atom is 0.323 e. The average Bonchev–Trinajstić information content (AvgIpc) is 2.86. The van der Waals surface area contributed by atoms with E-state index in [1.54, 1.807) is 15.9 Å². The molecule has 0 radical (unpaired) electrons. The minimum Gasteiger partial charge on any atom is -0.480 e. The van der Waals surface area contributed by atoms with Crippen molar-refractivity contribution in [3.63, 3.8) is 0 Å². The predicted octanol–water partition coefficient (Wildman–Crippen LogP) is -0.228. The Morgan fingerprint density at radius 1 is 1.14 bits per heavy atom. The van der Waals surface area contributed by atoms with Gasteiger partial charge in [0.25, 0.3) is 11.6 Å². The summed E-state index contributed by atoms with van der Waals surface area (Å²) in [7, 11) is -4.16. The molecule has 0 bridgehead atoms. The van der Waals surface area contributed by atoms with Crippen LogP contribution >= 0.6 is 0 Å². The molecule has 1 atom stereocenters. The maximum atomic E-state index is 12.6. The summed E-state index contributed by atoms with van der Waals surface area (Å²) in [5, 5.41) is 30.9. The van der Waals surface area contributed by atoms with Crippen LogP contribution in [0.4, 0.5) is 11.4 Å². The highest BCUT2D eigenvalue weighted by Crippen LogP contribution is 2.30. The number of nitrogens with two attached hydrogens (primary N) is 1. The minimum atomic E-state index is -4.16. The highest BCUT2D eigenvalue weighted by Gasteiger charge is 2.28. The number of rotatable bonds is 9. The van der Waals surface area contributed by atoms with Gasteiger partial charge in [-0.2, -0.15) is 4.72 Å². The van der Waals surface area contributed by atoms with E-state index in [4.69, 9.17) is 11.1 Å². The number of carbonyl (C=O) groups is 2. The van der Waals surface area contributed by atoms with Crippen LogP contribution in [0.2, 0.25) is 0 Å². The summed E-state index contributed by atoms with van der Waals surface area (Å²) >= 11 is 0. The molecule has 14 nitrogen and oxygen atoms in total. The summed E-state index contributed by atoms with van der Waals surface area (Å²) in [5.74, 6) is -2.40. The van der Waals surface area contributed by atoms with E-state index in [9.17, 15) is 33.2 Å². The van der Waals surface area contributed by atoms with E-state index in [0.29, 0.717) is 31.9 Å². The molecule has 2 aromatic rings. The number of aliphatic carboxylic acids is 1. The van der Waals surface area contributed by atoms with Crippen molar-refractivity contribution < 1.29 is 28.0 Å². The number of hydrogen-bond acceptors (Lipinski definition) is 8. The fourth-order valence-electron chi connectivity index (χ4n) is 3.60. The van der Waals surface area contributed by atoms with Crippen LogP contribution in [0, 0.1) is 15.5 Å². The molecular formula is C21H25N7O7S. The molecule has 2 aromatic carbocycles. The van der Waals surface area contributed by atoms with Crippen LogP contribution in [0.3, 0.4) is 0 Å². The largest absolute Gasteiger partial charge is 0.480 e. The molecule has 3 rings (SSSR count). The van der Waals surface area contributed by atoms with Gasteiger partial charge in [-0.25, -0.2) is 8.42 Å². The minimum absolute atomic E-state index is 0.0816. The van der Waals surface area contributed by atoms with Gasteiger partial charge in [0.15, 0.2) is 5.96 Å². The van der Waals surface area contributed by atoms with Gasteiger partial charge in [-0.15, -0.1) is 0 Å². The third-order valence-corrected chi connectivity index (χ3v) is 7.00. The van der Waals surface area contributed by atoms with Crippen molar-refractivity contribution in [2.75, 3.05) is 37.6 Å². The molecule has 6 N–H and O–H groups in total. The van der Waals surface area contributed by atoms with Gasteiger partial charge in [0.05, 0.1) is 9.82 Å². The van der Waals surface area contributed by atoms with Crippen LogP contribution in [0.1, 0.15) is 10.4 Å². The average molecular weight is 520 g/mol. The number of piperazine rings is 1. The van der Waals surface area contributed by atoms with Crippen molar-refractivity contribution in [2.45, 2.75) is 10.9 Å². The third kappa shape index (κ3) is 6.25. The van der Waals surface area contributed by atoms with Gasteiger partial charge in [-0.05, 0) is 24.3 Å². The lowest BCUT2D eigenvalue weighted by Gasteiger charge is -2.35. The first kappa shape index (κ1) is 26.4. The molecule has 1 aliphatic heterocycles. The second-order valence-corrected chi connectivity index (χ2v) is 9.57. The van der Waals surface area contributed by atoms with Crippen LogP contribution < -0.4 is 20.7 Å². The molecule has 0 spiro atoms. The number of nitrogens with one attached hydrogen (secondary N) is 3. The van der Waals surface area contributed by atoms with Crippen LogP contribution in [0.15, 0.2) is 53.4 Å². The number of hydrogen-bond donors (Lipinski definition) is 5. The summed E-state index contributed by atoms with van der Waals surface area (Å²) in [5.41, 5.74) is 5.35. The number of nitrogens with zero attached hydrogens (tertiary/aromatic N) is 3. The van der Waals surface area contributed by atoms with Gasteiger partial charge < -0.3 is 26.0 Å². The number of anilines is 1. The number of carboxylic acids is 1. The van der Waals surface area contributed by atoms with Crippen molar-refractivity contribution >= 4 is 39.2 Å². The van der Waals surface area contributed by atoms with Gasteiger partial charge >= 0.3 is 5.97 Å². The topological polar surface area (TPSA) is 212 Å². The number of benzene rings is 2. The van der Waals surface area contributed by atoms with Gasteiger partial charge in [0.1, 0.15) is 11.7 Å². The Hall–Kier alpha value is -4.24. The highest BCUT2D eigenvalue weighted by molar-refractivity contribution is 7.89. The van der Waals surface area contributed by atoms with Gasteiger partial charge in [-0.1, -0.05) is 18.2 Å². The third-order valence-electron chi connectivity index (χ3n) is 5.51. The Morgan fingerprint density at radius 3 is 2.33 bits per heavy atom. The van der Waals surface area contributed by atoms with Crippen molar-refractivity contribution in [3.05, 3.63) is 64.2 Å². The summed E-state index contributed by atoms with van der Waals surface area (Å²) in [4.78, 5) is 38.5. The van der Waals surface area contributed by atoms with Crippen molar-refractivity contribution in [1.82, 2.24) is 14.9 Å². The van der Waals surface area contributed by atoms with Gasteiger partial charge in [0, 0.05) is 44.4 Å². The monoisotopic (exact) mass is 519 g/mol. The standard InChI is InChI=1S/C21H25N7O7S/c22-21(23)27-10-8-26(9-11-27)17-7-6-14(12-18(17)28(32)33)19(29)24-13-16(20(30)31)25-36(34,35)15-4-2-1-3-5-15/h1-7,12,16,25H,8-11,13H2,(H3,22,23)(H,24,29)(H,30,31)/t16-/m0/s1. The summed E-state index contributed by atoms with van der Waals surface area (Å²) in [6, 6.07) is 9.32. The molecule has 0 aliphatic carbocycles. The van der Waals surface area contributed by atoms with Crippen LogP contribution in [-0.2, 0) is 14.8 Å². The first-order valence-electron chi connectivity index (χ1n) is 10.7. The lowest BCUT2D eigenvalue weighted by molar-refractivity contribution is -0.384. The number of nitro groups is 1. The van der Waals surface area contributed by atoms with Crippen LogP contribution in [0.25, 0.3) is 0 Å². The number of nitro benzene ring substituents is 1. The number of amides is 1. The normalized spacial score (nSPS) is 14.7. The molecule has 0 saturated carbocycles. The second-order valence-electron chi connectivity index (χ2n) is 7.86. The Balaban J connectivity index is 1.71. The molecule has 36 heavy (non-hydrogen) atoms. The zero-order valence-electron chi connectivity index (χ0n) is 19.0. The SMILES string of the molecule is N=C(N)N1CCN(c2ccc(C(=O)NC[C@H](NS(=O)(=O)c3ccccc3)C(=O)O)cc2[N+](=O)[O-])CC1. The molecule has 1 heterocycles. The summed E-state index contributed by atoms with van der Waals surface area (Å²) in [6.07, 6.45) is 0. The predicted molar refractivity (Wildman–Crippen MR) is 129 cm³/mol. The molecule has 15 heteroatoms. The summed E-state index contributed by atoms with van der Waals surface area (Å²) < 4.78 is 26.9. The molecular weight excluding hydrogens is 494 g/mol. The lowest BCUT2D eigenvalue weighted by atomic mass is 10.1. The molecule has 0 aromatic heterocycles. The molecule has 192 valence electrons. The highest BCUT2D eigenvalue weighted by atomic mass is 32.2. The lowest BCUT2D eigenvalue weighted by Crippen LogP contribution is -2.51. The molecule has 0 unspecified atom stereocenters. The quantitative estimate of drug-likeness (QED) is 0.127. The first-order valence-corrected chi connectivity index (χ1v) is 12.2. The van der Waals surface area contributed by atoms with Crippen molar-refractivity contribution in [2.24, 2.45) is 5.73 Å². The van der Waals surface area contributed by atoms with E-state index in [-0.39, 0.29) is 22.1 Å². The van der Waals surface area contributed by atoms with E-state index in [1.165, 1.54) is 36.4 Å². The number of carboxylic acid groups (broad SMARTS) is 1. The Morgan fingerprint density at radius 2 is 1.78 bits per heavy atom. The van der Waals surface area contributed by atoms with E-state index in [0.717, 1.165) is 6.07 Å². The van der Waals surface area contributed by atoms with Gasteiger partial charge in [0.2, 0.25) is 10.0 Å². The van der Waals surface area contributed by atoms with E-state index < -0.39 is 39.4 Å². The Bertz CT molecular complexity index is 1260. The zero-order valence-corrected chi connectivity index (χ0v) is 19.8. The first-order chi connectivity index (χ1) is 17.0. The number of guanidine groups is 1. The van der Waals surface area contributed by atoms with Crippen LogP contribution in [-0.4, -0.2) is 79.9 Å². The zero-order chi connectivity index (χ0) is 26.5. The van der Waals surface area contributed by atoms with E-state index in [2.05, 4.69) is 5.32 Å². The molecule has 1 fully saturated rings. The fourth-order valence-corrected chi connectivity index (χ4v) is 4.81. The smallest absolute Gasteiger partial charge is 0.323 e. The Labute approximate surface area is 206 Å². The molecule has 1 amide bonds. The van der Waals surface area contributed by atoms with E-state index >= 15 is 0 Å². The maximum absolute atomic E-state index is 12.6. The van der Waals surface area contributed by atoms with Gasteiger partial charge in [-0.3, -0.25) is 25.1 Å². The molecule has 1 aliphatic rings. The van der Waals surface area contributed by atoms with E-state index in [1.807, 2.05) is 4.72 Å². The fraction of sp³-hybridized carbons (Fsp3) is 0.286. The number of sulfonamides is 1. The molecule has 1 saturated heterocycles. The summed E-state index contributed by atoms with van der Waals surface area (Å²) in [6.45, 7) is 0.985. The van der Waals surface area contributed by atoms with Crippen LogP contribution in [0.5, 0.6) is 0 Å². The number of carbonyl (C=O) groups excluding carboxylic acids is 1. The second kappa shape index (κ2) is 11.0. The van der Waals surface area contributed by atoms with Crippen molar-refractivity contribution in [1.29, 1.82) is 5.41 Å².